The van der Waals surface area contributed by atoms with Crippen molar-refractivity contribution in [2.45, 2.75) is 103 Å². The molecule has 178 valence electrons. The van der Waals surface area contributed by atoms with Gasteiger partial charge >= 0.3 is 0 Å². The second kappa shape index (κ2) is 13.6. The molecule has 3 rings (SSSR count). The molecule has 2 nitrogen and oxygen atoms in total. The van der Waals surface area contributed by atoms with Gasteiger partial charge in [0, 0.05) is 6.61 Å². The summed E-state index contributed by atoms with van der Waals surface area (Å²) in [7, 11) is 0. The molecular weight excluding hydrogens is 402 g/mol. The number of aliphatic hydroxyl groups is 1. The van der Waals surface area contributed by atoms with Crippen LogP contribution in [-0.2, 0) is 6.42 Å². The first-order valence-electron chi connectivity index (χ1n) is 13.4. The molecule has 0 saturated heterocycles. The summed E-state index contributed by atoms with van der Waals surface area (Å²) in [6.07, 6.45) is 16.1. The highest BCUT2D eigenvalue weighted by Gasteiger charge is 2.36. The van der Waals surface area contributed by atoms with Gasteiger partial charge in [-0.3, -0.25) is 0 Å². The zero-order valence-electron chi connectivity index (χ0n) is 20.7. The molecule has 1 aliphatic rings. The molecule has 1 saturated carbocycles. The fraction of sp³-hybridized carbons (Fsp3) is 0.581. The Bertz CT molecular complexity index is 848. The van der Waals surface area contributed by atoms with E-state index in [0.717, 1.165) is 38.5 Å². The lowest BCUT2D eigenvalue weighted by Crippen LogP contribution is -2.26. The van der Waals surface area contributed by atoms with Crippen LogP contribution in [0.25, 0.3) is 11.1 Å². The van der Waals surface area contributed by atoms with Gasteiger partial charge in [-0.2, -0.15) is 5.26 Å². The Labute approximate surface area is 202 Å². The highest BCUT2D eigenvalue weighted by Crippen LogP contribution is 2.46. The van der Waals surface area contributed by atoms with Crippen molar-refractivity contribution in [2.75, 3.05) is 6.61 Å². The third kappa shape index (κ3) is 7.72. The van der Waals surface area contributed by atoms with Crippen molar-refractivity contribution in [3.63, 3.8) is 0 Å². The van der Waals surface area contributed by atoms with E-state index in [1.807, 2.05) is 0 Å². The third-order valence-corrected chi connectivity index (χ3v) is 7.60. The van der Waals surface area contributed by atoms with E-state index in [0.29, 0.717) is 12.5 Å². The lowest BCUT2D eigenvalue weighted by atomic mass is 9.66. The number of hydrogen-bond donors (Lipinski definition) is 1. The van der Waals surface area contributed by atoms with Crippen molar-refractivity contribution in [1.29, 1.82) is 5.26 Å². The number of nitrogens with zero attached hydrogens (tertiary/aromatic N) is 1. The first-order valence-corrected chi connectivity index (χ1v) is 13.4. The fourth-order valence-corrected chi connectivity index (χ4v) is 5.59. The molecule has 1 aliphatic carbocycles. The van der Waals surface area contributed by atoms with Crippen LogP contribution >= 0.6 is 0 Å². The minimum atomic E-state index is -0.131. The lowest BCUT2D eigenvalue weighted by molar-refractivity contribution is 0.218. The number of nitriles is 1. The second-order valence-electron chi connectivity index (χ2n) is 10.2. The molecular formula is C31H43NO. The number of aliphatic hydroxyl groups excluding tert-OH is 1. The lowest BCUT2D eigenvalue weighted by Gasteiger charge is -2.36. The zero-order valence-corrected chi connectivity index (χ0v) is 20.7. The summed E-state index contributed by atoms with van der Waals surface area (Å²) in [6.45, 7) is 2.54. The molecule has 0 amide bonds. The Morgan fingerprint density at radius 2 is 1.48 bits per heavy atom. The highest BCUT2D eigenvalue weighted by molar-refractivity contribution is 5.64. The molecule has 2 heteroatoms. The van der Waals surface area contributed by atoms with Gasteiger partial charge in [0.05, 0.1) is 11.5 Å². The maximum atomic E-state index is 10.1. The van der Waals surface area contributed by atoms with Gasteiger partial charge in [-0.25, -0.2) is 0 Å². The molecule has 2 unspecified atom stereocenters. The smallest absolute Gasteiger partial charge is 0.0689 e. The summed E-state index contributed by atoms with van der Waals surface area (Å²) in [5, 5.41) is 19.0. The molecule has 2 atom stereocenters. The van der Waals surface area contributed by atoms with Crippen LogP contribution in [0.5, 0.6) is 0 Å². The summed E-state index contributed by atoms with van der Waals surface area (Å²) in [6, 6.07) is 20.9. The van der Waals surface area contributed by atoms with Crippen molar-refractivity contribution in [2.24, 2.45) is 5.41 Å². The van der Waals surface area contributed by atoms with Crippen LogP contribution in [0.3, 0.4) is 0 Å². The van der Waals surface area contributed by atoms with Gasteiger partial charge in [-0.1, -0.05) is 107 Å². The molecule has 2 aromatic rings. The molecule has 1 fully saturated rings. The highest BCUT2D eigenvalue weighted by atomic mass is 16.2. The van der Waals surface area contributed by atoms with Gasteiger partial charge in [-0.15, -0.1) is 0 Å². The largest absolute Gasteiger partial charge is 0.396 e. The van der Waals surface area contributed by atoms with E-state index in [4.69, 9.17) is 5.11 Å². The van der Waals surface area contributed by atoms with Crippen LogP contribution in [-0.4, -0.2) is 11.7 Å². The standard InChI is InChI=1S/C31H43NO/c1-2-11-26-13-15-27(16-14-26)28-17-19-29(20-18-28)30-12-10-22-31(24-30,25-32)21-8-6-4-3-5-7-9-23-33/h13-20,30,33H,2-12,21-24H2,1H3. The molecule has 33 heavy (non-hydrogen) atoms. The minimum Gasteiger partial charge on any atom is -0.396 e. The molecule has 0 aliphatic heterocycles. The quantitative estimate of drug-likeness (QED) is 0.314. The Balaban J connectivity index is 1.52. The second-order valence-corrected chi connectivity index (χ2v) is 10.2. The zero-order chi connectivity index (χ0) is 23.4. The van der Waals surface area contributed by atoms with E-state index in [9.17, 15) is 5.26 Å². The molecule has 1 N–H and O–H groups in total. The van der Waals surface area contributed by atoms with Gasteiger partial charge in [0.1, 0.15) is 0 Å². The summed E-state index contributed by atoms with van der Waals surface area (Å²) < 4.78 is 0. The Morgan fingerprint density at radius 1 is 0.879 bits per heavy atom. The Morgan fingerprint density at radius 3 is 2.09 bits per heavy atom. The minimum absolute atomic E-state index is 0.131. The fourth-order valence-electron chi connectivity index (χ4n) is 5.59. The van der Waals surface area contributed by atoms with Gasteiger partial charge < -0.3 is 5.11 Å². The van der Waals surface area contributed by atoms with Gasteiger partial charge in [0.25, 0.3) is 0 Å². The normalized spacial score (nSPS) is 20.5. The number of hydrogen-bond acceptors (Lipinski definition) is 2. The monoisotopic (exact) mass is 445 g/mol. The predicted molar refractivity (Wildman–Crippen MR) is 139 cm³/mol. The SMILES string of the molecule is CCCc1ccc(-c2ccc(C3CCCC(C#N)(CCCCCCCCCO)C3)cc2)cc1. The summed E-state index contributed by atoms with van der Waals surface area (Å²) >= 11 is 0. The van der Waals surface area contributed by atoms with Crippen LogP contribution < -0.4 is 0 Å². The average Bonchev–Trinajstić information content (AvgIpc) is 2.87. The maximum absolute atomic E-state index is 10.1. The molecule has 0 aromatic heterocycles. The van der Waals surface area contributed by atoms with E-state index in [2.05, 4.69) is 61.5 Å². The van der Waals surface area contributed by atoms with E-state index in [-0.39, 0.29) is 5.41 Å². The molecule has 0 heterocycles. The van der Waals surface area contributed by atoms with Crippen molar-refractivity contribution in [1.82, 2.24) is 0 Å². The van der Waals surface area contributed by atoms with Crippen LogP contribution in [0.4, 0.5) is 0 Å². The molecule has 0 bridgehead atoms. The third-order valence-electron chi connectivity index (χ3n) is 7.60. The van der Waals surface area contributed by atoms with Crippen molar-refractivity contribution >= 4 is 0 Å². The van der Waals surface area contributed by atoms with Crippen LogP contribution in [0.1, 0.15) is 107 Å². The topological polar surface area (TPSA) is 44.0 Å². The van der Waals surface area contributed by atoms with Crippen LogP contribution in [0.2, 0.25) is 0 Å². The molecule has 0 radical (unpaired) electrons. The van der Waals surface area contributed by atoms with E-state index in [1.165, 1.54) is 73.6 Å². The Kier molecular flexibility index (Phi) is 10.5. The number of rotatable bonds is 13. The van der Waals surface area contributed by atoms with E-state index >= 15 is 0 Å². The Hall–Kier alpha value is -2.11. The van der Waals surface area contributed by atoms with Crippen molar-refractivity contribution < 1.29 is 5.11 Å². The average molecular weight is 446 g/mol. The molecule has 2 aromatic carbocycles. The first-order chi connectivity index (χ1) is 16.2. The number of benzene rings is 2. The van der Waals surface area contributed by atoms with Crippen molar-refractivity contribution in [3.8, 4) is 17.2 Å². The van der Waals surface area contributed by atoms with Gasteiger partial charge in [0.2, 0.25) is 0 Å². The predicted octanol–water partition coefficient (Wildman–Crippen LogP) is 8.59. The van der Waals surface area contributed by atoms with Crippen LogP contribution in [0, 0.1) is 16.7 Å². The summed E-state index contributed by atoms with van der Waals surface area (Å²) in [4.78, 5) is 0. The van der Waals surface area contributed by atoms with Gasteiger partial charge in [-0.05, 0) is 66.7 Å². The molecule has 0 spiro atoms. The van der Waals surface area contributed by atoms with Gasteiger partial charge in [0.15, 0.2) is 0 Å². The van der Waals surface area contributed by atoms with Crippen molar-refractivity contribution in [3.05, 3.63) is 59.7 Å². The number of aryl methyl sites for hydroxylation is 1. The first kappa shape index (κ1) is 25.5. The van der Waals surface area contributed by atoms with E-state index in [1.54, 1.807) is 0 Å². The maximum Gasteiger partial charge on any atom is 0.0689 e. The summed E-state index contributed by atoms with van der Waals surface area (Å²) in [5.74, 6) is 0.512. The van der Waals surface area contributed by atoms with Crippen LogP contribution in [0.15, 0.2) is 48.5 Å². The summed E-state index contributed by atoms with van der Waals surface area (Å²) in [5.41, 5.74) is 5.25. The van der Waals surface area contributed by atoms with E-state index < -0.39 is 0 Å². The number of unbranched alkanes of at least 4 members (excludes halogenated alkanes) is 6.